The van der Waals surface area contributed by atoms with Gasteiger partial charge in [0.05, 0.1) is 6.54 Å². The molecule has 1 fully saturated rings. The summed E-state index contributed by atoms with van der Waals surface area (Å²) in [6.45, 7) is 3.21. The summed E-state index contributed by atoms with van der Waals surface area (Å²) in [7, 11) is 3.70. The molecule has 116 valence electrons. The van der Waals surface area contributed by atoms with Crippen LogP contribution in [0.1, 0.15) is 23.3 Å². The van der Waals surface area contributed by atoms with Crippen LogP contribution in [0.3, 0.4) is 0 Å². The highest BCUT2D eigenvalue weighted by atomic mass is 16.2. The van der Waals surface area contributed by atoms with Crippen LogP contribution in [0.25, 0.3) is 0 Å². The van der Waals surface area contributed by atoms with E-state index in [1.807, 2.05) is 11.9 Å². The van der Waals surface area contributed by atoms with Gasteiger partial charge in [0, 0.05) is 19.8 Å². The van der Waals surface area contributed by atoms with Crippen LogP contribution >= 0.6 is 0 Å². The highest BCUT2D eigenvalue weighted by Gasteiger charge is 2.18. The van der Waals surface area contributed by atoms with Gasteiger partial charge in [0.15, 0.2) is 0 Å². The van der Waals surface area contributed by atoms with Crippen LogP contribution in [0, 0.1) is 5.92 Å². The van der Waals surface area contributed by atoms with Crippen molar-refractivity contribution in [2.24, 2.45) is 13.0 Å². The summed E-state index contributed by atoms with van der Waals surface area (Å²) in [5, 5.41) is 5.80. The predicted octanol–water partition coefficient (Wildman–Crippen LogP) is 0.213. The Morgan fingerprint density at radius 1 is 1.52 bits per heavy atom. The fraction of sp³-hybridized carbons (Fsp3) is 0.600. The van der Waals surface area contributed by atoms with Crippen molar-refractivity contribution >= 4 is 11.8 Å². The smallest absolute Gasteiger partial charge is 0.274 e. The van der Waals surface area contributed by atoms with E-state index in [0.717, 1.165) is 19.6 Å². The van der Waals surface area contributed by atoms with Gasteiger partial charge in [-0.1, -0.05) is 0 Å². The van der Waals surface area contributed by atoms with Gasteiger partial charge in [-0.25, -0.2) is 0 Å². The van der Waals surface area contributed by atoms with Crippen molar-refractivity contribution in [1.82, 2.24) is 20.1 Å². The molecule has 1 aromatic rings. The molecule has 2 amide bonds. The molecule has 0 saturated carbocycles. The normalized spacial score (nSPS) is 18.7. The Kier molecular flexibility index (Phi) is 5.52. The SMILES string of the molecule is CN(CC(=O)NC(=O)c1cccn1C)CC1CCCNC1. The Labute approximate surface area is 125 Å². The number of rotatable bonds is 5. The molecular formula is C15H24N4O2. The van der Waals surface area contributed by atoms with Crippen LogP contribution in [-0.2, 0) is 11.8 Å². The number of carbonyl (C=O) groups excluding carboxylic acids is 2. The van der Waals surface area contributed by atoms with Crippen LogP contribution in [-0.4, -0.2) is 54.5 Å². The van der Waals surface area contributed by atoms with Gasteiger partial charge in [-0.3, -0.25) is 19.8 Å². The predicted molar refractivity (Wildman–Crippen MR) is 81.0 cm³/mol. The Hall–Kier alpha value is -1.66. The van der Waals surface area contributed by atoms with E-state index in [0.29, 0.717) is 11.6 Å². The first-order valence-corrected chi connectivity index (χ1v) is 7.41. The number of nitrogens with one attached hydrogen (secondary N) is 2. The minimum Gasteiger partial charge on any atom is -0.347 e. The molecule has 21 heavy (non-hydrogen) atoms. The maximum absolute atomic E-state index is 11.9. The van der Waals surface area contributed by atoms with Gasteiger partial charge in [0.25, 0.3) is 5.91 Å². The molecule has 1 saturated heterocycles. The fourth-order valence-electron chi connectivity index (χ4n) is 2.76. The molecule has 0 spiro atoms. The summed E-state index contributed by atoms with van der Waals surface area (Å²) in [4.78, 5) is 25.8. The van der Waals surface area contributed by atoms with E-state index in [2.05, 4.69) is 10.6 Å². The lowest BCUT2D eigenvalue weighted by atomic mass is 9.99. The molecule has 2 heterocycles. The fourth-order valence-corrected chi connectivity index (χ4v) is 2.76. The molecule has 0 aliphatic carbocycles. The zero-order chi connectivity index (χ0) is 15.2. The molecule has 0 aromatic carbocycles. The highest BCUT2D eigenvalue weighted by Crippen LogP contribution is 2.10. The lowest BCUT2D eigenvalue weighted by Crippen LogP contribution is -2.42. The summed E-state index contributed by atoms with van der Waals surface area (Å²) in [6, 6.07) is 3.47. The minimum absolute atomic E-state index is 0.243. The van der Waals surface area contributed by atoms with Crippen molar-refractivity contribution in [2.45, 2.75) is 12.8 Å². The first kappa shape index (κ1) is 15.7. The zero-order valence-electron chi connectivity index (χ0n) is 12.8. The second-order valence-corrected chi connectivity index (χ2v) is 5.79. The number of nitrogens with zero attached hydrogens (tertiary/aromatic N) is 2. The third-order valence-electron chi connectivity index (χ3n) is 3.81. The van der Waals surface area contributed by atoms with E-state index >= 15 is 0 Å². The van der Waals surface area contributed by atoms with Gasteiger partial charge in [0.1, 0.15) is 5.69 Å². The molecule has 2 rings (SSSR count). The Morgan fingerprint density at radius 2 is 2.33 bits per heavy atom. The van der Waals surface area contributed by atoms with E-state index in [4.69, 9.17) is 0 Å². The number of piperidine rings is 1. The van der Waals surface area contributed by atoms with Gasteiger partial charge in [-0.05, 0) is 51.0 Å². The van der Waals surface area contributed by atoms with E-state index < -0.39 is 0 Å². The summed E-state index contributed by atoms with van der Waals surface area (Å²) < 4.78 is 1.69. The van der Waals surface area contributed by atoms with E-state index in [1.165, 1.54) is 12.8 Å². The molecule has 6 heteroatoms. The summed E-state index contributed by atoms with van der Waals surface area (Å²) in [5.41, 5.74) is 0.488. The molecule has 0 bridgehead atoms. The molecule has 1 aliphatic rings. The number of imide groups is 1. The lowest BCUT2D eigenvalue weighted by molar-refractivity contribution is -0.121. The number of likely N-dealkylation sites (N-methyl/N-ethyl adjacent to an activating group) is 1. The number of amides is 2. The van der Waals surface area contributed by atoms with Crippen LogP contribution in [0.2, 0.25) is 0 Å². The van der Waals surface area contributed by atoms with Crippen LogP contribution in [0.15, 0.2) is 18.3 Å². The van der Waals surface area contributed by atoms with Gasteiger partial charge < -0.3 is 9.88 Å². The monoisotopic (exact) mass is 292 g/mol. The number of carbonyl (C=O) groups is 2. The number of aromatic nitrogens is 1. The van der Waals surface area contributed by atoms with Crippen molar-refractivity contribution in [3.8, 4) is 0 Å². The largest absolute Gasteiger partial charge is 0.347 e. The van der Waals surface area contributed by atoms with Gasteiger partial charge >= 0.3 is 0 Å². The number of hydrogen-bond acceptors (Lipinski definition) is 4. The summed E-state index contributed by atoms with van der Waals surface area (Å²) in [6.07, 6.45) is 4.17. The topological polar surface area (TPSA) is 66.4 Å². The third kappa shape index (κ3) is 4.68. The highest BCUT2D eigenvalue weighted by molar-refractivity contribution is 6.04. The summed E-state index contributed by atoms with van der Waals surface area (Å²) in [5.74, 6) is -0.0205. The van der Waals surface area contributed by atoms with Crippen LogP contribution < -0.4 is 10.6 Å². The second-order valence-electron chi connectivity index (χ2n) is 5.79. The average molecular weight is 292 g/mol. The minimum atomic E-state index is -0.347. The number of hydrogen-bond donors (Lipinski definition) is 2. The maximum Gasteiger partial charge on any atom is 0.274 e. The molecule has 2 N–H and O–H groups in total. The first-order valence-electron chi connectivity index (χ1n) is 7.41. The van der Waals surface area contributed by atoms with Crippen molar-refractivity contribution in [1.29, 1.82) is 0 Å². The molecular weight excluding hydrogens is 268 g/mol. The zero-order valence-corrected chi connectivity index (χ0v) is 12.8. The molecule has 0 radical (unpaired) electrons. The molecule has 1 aromatic heterocycles. The van der Waals surface area contributed by atoms with Gasteiger partial charge in [0.2, 0.25) is 5.91 Å². The standard InChI is InChI=1S/C15H24N4O2/c1-18(10-12-5-3-7-16-9-12)11-14(20)17-15(21)13-6-4-8-19(13)2/h4,6,8,12,16H,3,5,7,9-11H2,1-2H3,(H,17,20,21). The van der Waals surface area contributed by atoms with Crippen LogP contribution in [0.5, 0.6) is 0 Å². The number of aryl methyl sites for hydroxylation is 1. The maximum atomic E-state index is 11.9. The third-order valence-corrected chi connectivity index (χ3v) is 3.81. The molecule has 1 atom stereocenters. The van der Waals surface area contributed by atoms with Crippen molar-refractivity contribution in [2.75, 3.05) is 33.2 Å². The first-order chi connectivity index (χ1) is 10.1. The molecule has 6 nitrogen and oxygen atoms in total. The van der Waals surface area contributed by atoms with Crippen molar-refractivity contribution in [3.63, 3.8) is 0 Å². The second kappa shape index (κ2) is 7.38. The van der Waals surface area contributed by atoms with Crippen molar-refractivity contribution in [3.05, 3.63) is 24.0 Å². The van der Waals surface area contributed by atoms with E-state index in [1.54, 1.807) is 29.9 Å². The van der Waals surface area contributed by atoms with E-state index in [-0.39, 0.29) is 18.4 Å². The van der Waals surface area contributed by atoms with Crippen LogP contribution in [0.4, 0.5) is 0 Å². The average Bonchev–Trinajstić information content (AvgIpc) is 2.85. The quantitative estimate of drug-likeness (QED) is 0.814. The molecule has 1 unspecified atom stereocenters. The van der Waals surface area contributed by atoms with Gasteiger partial charge in [-0.2, -0.15) is 0 Å². The summed E-state index contributed by atoms with van der Waals surface area (Å²) >= 11 is 0. The van der Waals surface area contributed by atoms with Gasteiger partial charge in [-0.15, -0.1) is 0 Å². The lowest BCUT2D eigenvalue weighted by Gasteiger charge is -2.27. The Balaban J connectivity index is 1.75. The van der Waals surface area contributed by atoms with E-state index in [9.17, 15) is 9.59 Å². The Bertz CT molecular complexity index is 492. The Morgan fingerprint density at radius 3 is 2.95 bits per heavy atom. The van der Waals surface area contributed by atoms with Crippen molar-refractivity contribution < 1.29 is 9.59 Å². The molecule has 1 aliphatic heterocycles.